The molecule has 204 valence electrons. The zero-order chi connectivity index (χ0) is 27.1. The number of para-hydroxylation sites is 1. The Morgan fingerprint density at radius 2 is 1.89 bits per heavy atom. The third kappa shape index (κ3) is 6.86. The number of carbonyl (C=O) groups excluding carboxylic acids is 2. The lowest BCUT2D eigenvalue weighted by Gasteiger charge is -2.39. The van der Waals surface area contributed by atoms with E-state index in [1.54, 1.807) is 6.92 Å². The van der Waals surface area contributed by atoms with E-state index in [4.69, 9.17) is 14.2 Å². The normalized spacial score (nSPS) is 22.4. The van der Waals surface area contributed by atoms with Crippen molar-refractivity contribution < 1.29 is 23.8 Å². The Bertz CT molecular complexity index is 1160. The van der Waals surface area contributed by atoms with Gasteiger partial charge in [0.1, 0.15) is 0 Å². The molecule has 7 nitrogen and oxygen atoms in total. The van der Waals surface area contributed by atoms with Gasteiger partial charge >= 0.3 is 5.97 Å². The average Bonchev–Trinajstić information content (AvgIpc) is 3.18. The summed E-state index contributed by atoms with van der Waals surface area (Å²) in [7, 11) is 0. The molecule has 4 rings (SSSR count). The lowest BCUT2D eigenvalue weighted by atomic mass is 9.85. The lowest BCUT2D eigenvalue weighted by molar-refractivity contribution is -0.145. The zero-order valence-corrected chi connectivity index (χ0v) is 24.5. The zero-order valence-electron chi connectivity index (χ0n) is 22.1. The molecule has 9 heteroatoms. The van der Waals surface area contributed by atoms with E-state index in [9.17, 15) is 9.59 Å². The summed E-state index contributed by atoms with van der Waals surface area (Å²) in [5, 5.41) is 3.57. The van der Waals surface area contributed by atoms with Crippen LogP contribution in [-0.2, 0) is 14.3 Å². The summed E-state index contributed by atoms with van der Waals surface area (Å²) >= 11 is 5.10. The molecule has 2 fully saturated rings. The van der Waals surface area contributed by atoms with E-state index in [0.717, 1.165) is 30.5 Å². The SMILES string of the molecule is CCOC(=O)COc1c(Br)cc(/C=C2\SC(Nc3ccccc3)N([C@H]3CCCC[C@@H]3C)C2=O)cc1OCC. The number of esters is 1. The van der Waals surface area contributed by atoms with Gasteiger partial charge in [-0.05, 0) is 84.4 Å². The summed E-state index contributed by atoms with van der Waals surface area (Å²) in [6.45, 7) is 6.38. The minimum Gasteiger partial charge on any atom is -0.490 e. The van der Waals surface area contributed by atoms with E-state index in [0.29, 0.717) is 33.4 Å². The molecule has 0 radical (unpaired) electrons. The molecule has 1 saturated heterocycles. The number of nitrogens with zero attached hydrogens (tertiary/aromatic N) is 1. The van der Waals surface area contributed by atoms with Crippen molar-refractivity contribution in [2.45, 2.75) is 58.0 Å². The van der Waals surface area contributed by atoms with Gasteiger partial charge in [0.2, 0.25) is 0 Å². The van der Waals surface area contributed by atoms with Crippen LogP contribution in [0.3, 0.4) is 0 Å². The molecule has 38 heavy (non-hydrogen) atoms. The molecule has 0 spiro atoms. The molecule has 0 bridgehead atoms. The fraction of sp³-hybridized carbons (Fsp3) is 0.448. The van der Waals surface area contributed by atoms with Crippen LogP contribution in [0.5, 0.6) is 11.5 Å². The monoisotopic (exact) mass is 602 g/mol. The fourth-order valence-corrected chi connectivity index (χ4v) is 6.71. The number of rotatable bonds is 10. The van der Waals surface area contributed by atoms with E-state index in [-0.39, 0.29) is 30.7 Å². The summed E-state index contributed by atoms with van der Waals surface area (Å²) in [5.74, 6) is 0.954. The maximum atomic E-state index is 13.8. The number of amides is 1. The Balaban J connectivity index is 1.62. The van der Waals surface area contributed by atoms with Gasteiger partial charge in [-0.25, -0.2) is 4.79 Å². The van der Waals surface area contributed by atoms with Gasteiger partial charge in [0.05, 0.1) is 22.6 Å². The molecule has 1 amide bonds. The molecule has 2 aliphatic rings. The first kappa shape index (κ1) is 28.4. The van der Waals surface area contributed by atoms with Gasteiger partial charge in [-0.3, -0.25) is 4.79 Å². The Morgan fingerprint density at radius 1 is 1.13 bits per heavy atom. The number of hydrogen-bond acceptors (Lipinski definition) is 7. The van der Waals surface area contributed by atoms with E-state index >= 15 is 0 Å². The lowest BCUT2D eigenvalue weighted by Crippen LogP contribution is -2.48. The molecule has 1 heterocycles. The minimum atomic E-state index is -0.449. The molecule has 2 aromatic carbocycles. The van der Waals surface area contributed by atoms with Crippen LogP contribution in [0.4, 0.5) is 5.69 Å². The van der Waals surface area contributed by atoms with Crippen LogP contribution in [0.2, 0.25) is 0 Å². The predicted octanol–water partition coefficient (Wildman–Crippen LogP) is 6.68. The van der Waals surface area contributed by atoms with Gasteiger partial charge in [-0.2, -0.15) is 0 Å². The maximum absolute atomic E-state index is 13.8. The second-order valence-electron chi connectivity index (χ2n) is 9.39. The highest BCUT2D eigenvalue weighted by molar-refractivity contribution is 9.10. The average molecular weight is 604 g/mol. The smallest absolute Gasteiger partial charge is 0.344 e. The van der Waals surface area contributed by atoms with Crippen molar-refractivity contribution in [1.82, 2.24) is 4.90 Å². The van der Waals surface area contributed by atoms with E-state index in [1.165, 1.54) is 18.2 Å². The number of halogens is 1. The molecule has 1 saturated carbocycles. The number of anilines is 1. The molecular formula is C29H35BrN2O5S. The summed E-state index contributed by atoms with van der Waals surface area (Å²) in [5.41, 5.74) is 1.59. The first-order valence-electron chi connectivity index (χ1n) is 13.2. The van der Waals surface area contributed by atoms with E-state index in [2.05, 4.69) is 28.2 Å². The third-order valence-electron chi connectivity index (χ3n) is 6.69. The van der Waals surface area contributed by atoms with Gasteiger partial charge in [0.15, 0.2) is 23.6 Å². The van der Waals surface area contributed by atoms with Crippen molar-refractivity contribution in [1.29, 1.82) is 0 Å². The van der Waals surface area contributed by atoms with Crippen LogP contribution in [0.25, 0.3) is 6.08 Å². The van der Waals surface area contributed by atoms with Gasteiger partial charge < -0.3 is 24.4 Å². The van der Waals surface area contributed by atoms with E-state index in [1.807, 2.05) is 60.4 Å². The van der Waals surface area contributed by atoms with Crippen molar-refractivity contribution in [3.8, 4) is 11.5 Å². The number of ether oxygens (including phenoxy) is 3. The second kappa shape index (κ2) is 13.4. The molecule has 2 aromatic rings. The number of benzene rings is 2. The quantitative estimate of drug-likeness (QED) is 0.240. The molecule has 1 unspecified atom stereocenters. The molecular weight excluding hydrogens is 568 g/mol. The first-order valence-corrected chi connectivity index (χ1v) is 14.9. The van der Waals surface area contributed by atoms with Crippen LogP contribution >= 0.6 is 27.7 Å². The summed E-state index contributed by atoms with van der Waals surface area (Å²) in [6, 6.07) is 13.9. The van der Waals surface area contributed by atoms with Gasteiger partial charge in [0, 0.05) is 11.7 Å². The van der Waals surface area contributed by atoms with Crippen LogP contribution in [-0.4, -0.2) is 48.1 Å². The van der Waals surface area contributed by atoms with Crippen molar-refractivity contribution in [3.63, 3.8) is 0 Å². The van der Waals surface area contributed by atoms with Crippen LogP contribution in [0, 0.1) is 5.92 Å². The highest BCUT2D eigenvalue weighted by atomic mass is 79.9. The predicted molar refractivity (Wildman–Crippen MR) is 155 cm³/mol. The first-order chi connectivity index (χ1) is 18.4. The van der Waals surface area contributed by atoms with Crippen molar-refractivity contribution in [2.24, 2.45) is 5.92 Å². The van der Waals surface area contributed by atoms with Crippen LogP contribution < -0.4 is 14.8 Å². The summed E-state index contributed by atoms with van der Waals surface area (Å²) < 4.78 is 17.1. The Hall–Kier alpha value is -2.65. The number of thioether (sulfide) groups is 1. The highest BCUT2D eigenvalue weighted by Gasteiger charge is 2.43. The van der Waals surface area contributed by atoms with E-state index < -0.39 is 5.97 Å². The fourth-order valence-electron chi connectivity index (χ4n) is 4.93. The van der Waals surface area contributed by atoms with Gasteiger partial charge in [-0.1, -0.05) is 49.7 Å². The molecule has 1 aliphatic carbocycles. The Morgan fingerprint density at radius 3 is 2.61 bits per heavy atom. The van der Waals surface area contributed by atoms with Crippen molar-refractivity contribution in [2.75, 3.05) is 25.1 Å². The maximum Gasteiger partial charge on any atom is 0.344 e. The third-order valence-corrected chi connectivity index (χ3v) is 8.40. The largest absolute Gasteiger partial charge is 0.490 e. The van der Waals surface area contributed by atoms with Crippen molar-refractivity contribution in [3.05, 3.63) is 57.4 Å². The minimum absolute atomic E-state index is 0.0406. The molecule has 1 aliphatic heterocycles. The second-order valence-corrected chi connectivity index (χ2v) is 11.4. The van der Waals surface area contributed by atoms with Crippen molar-refractivity contribution >= 4 is 51.3 Å². The molecule has 1 N–H and O–H groups in total. The Kier molecular flexibility index (Phi) is 10.0. The number of carbonyl (C=O) groups is 2. The standard InChI is InChI=1S/C29H35BrN2O5S/c1-4-35-24-16-20(15-22(30)27(24)37-18-26(33)36-5-2)17-25-28(34)32(23-14-10-9-11-19(23)3)29(38-25)31-21-12-7-6-8-13-21/h6-8,12-13,15-17,19,23,29,31H,4-5,9-11,14,18H2,1-3H3/b25-17-/t19-,23-,29?/m0/s1. The highest BCUT2D eigenvalue weighted by Crippen LogP contribution is 2.43. The Labute approximate surface area is 237 Å². The number of hydrogen-bond donors (Lipinski definition) is 1. The topological polar surface area (TPSA) is 77.1 Å². The molecule has 3 atom stereocenters. The molecule has 0 aromatic heterocycles. The summed E-state index contributed by atoms with van der Waals surface area (Å²) in [4.78, 5) is 28.4. The number of nitrogens with one attached hydrogen (secondary N) is 1. The summed E-state index contributed by atoms with van der Waals surface area (Å²) in [6.07, 6.45) is 6.40. The van der Waals surface area contributed by atoms with Gasteiger partial charge in [-0.15, -0.1) is 0 Å². The van der Waals surface area contributed by atoms with Crippen LogP contribution in [0.15, 0.2) is 51.8 Å². The van der Waals surface area contributed by atoms with Crippen LogP contribution in [0.1, 0.15) is 52.0 Å². The van der Waals surface area contributed by atoms with Gasteiger partial charge in [0.25, 0.3) is 5.91 Å².